The highest BCUT2D eigenvalue weighted by Crippen LogP contribution is 2.23. The lowest BCUT2D eigenvalue weighted by Gasteiger charge is -2.37. The standard InChI is InChI=1S/C9H15N3O/c1-2-4-12-5-3-11-8(12)9(13)6-10-7-9/h3,5,10,13H,2,4,6-7H2,1H3. The van der Waals surface area contributed by atoms with E-state index >= 15 is 0 Å². The van der Waals surface area contributed by atoms with E-state index in [1.54, 1.807) is 6.20 Å². The van der Waals surface area contributed by atoms with Crippen LogP contribution in [0.15, 0.2) is 12.4 Å². The first-order valence-corrected chi connectivity index (χ1v) is 4.71. The van der Waals surface area contributed by atoms with Crippen LogP contribution in [-0.2, 0) is 12.1 Å². The number of nitrogens with zero attached hydrogens (tertiary/aromatic N) is 2. The zero-order valence-corrected chi connectivity index (χ0v) is 7.82. The van der Waals surface area contributed by atoms with E-state index in [4.69, 9.17) is 0 Å². The molecule has 0 aromatic carbocycles. The number of aryl methyl sites for hydroxylation is 1. The van der Waals surface area contributed by atoms with Crippen LogP contribution in [0.2, 0.25) is 0 Å². The van der Waals surface area contributed by atoms with Gasteiger partial charge in [0.15, 0.2) is 0 Å². The second-order valence-electron chi connectivity index (χ2n) is 3.58. The van der Waals surface area contributed by atoms with Crippen LogP contribution in [0, 0.1) is 0 Å². The van der Waals surface area contributed by atoms with Gasteiger partial charge in [0.1, 0.15) is 11.4 Å². The van der Waals surface area contributed by atoms with Crippen LogP contribution in [0.4, 0.5) is 0 Å². The molecule has 4 nitrogen and oxygen atoms in total. The quantitative estimate of drug-likeness (QED) is 0.694. The van der Waals surface area contributed by atoms with Crippen LogP contribution < -0.4 is 5.32 Å². The molecule has 1 aromatic rings. The number of aromatic nitrogens is 2. The van der Waals surface area contributed by atoms with E-state index in [2.05, 4.69) is 17.2 Å². The normalized spacial score (nSPS) is 19.8. The van der Waals surface area contributed by atoms with Gasteiger partial charge in [-0.25, -0.2) is 4.98 Å². The van der Waals surface area contributed by atoms with Crippen molar-refractivity contribution in [2.24, 2.45) is 0 Å². The van der Waals surface area contributed by atoms with Crippen molar-refractivity contribution < 1.29 is 5.11 Å². The fraction of sp³-hybridized carbons (Fsp3) is 0.667. The summed E-state index contributed by atoms with van der Waals surface area (Å²) in [5.41, 5.74) is -0.724. The molecular formula is C9H15N3O. The van der Waals surface area contributed by atoms with Crippen LogP contribution in [-0.4, -0.2) is 27.7 Å². The Bertz CT molecular complexity index is 291. The van der Waals surface area contributed by atoms with E-state index < -0.39 is 5.60 Å². The minimum atomic E-state index is -0.724. The number of aliphatic hydroxyl groups is 1. The molecule has 0 amide bonds. The second-order valence-corrected chi connectivity index (χ2v) is 3.58. The predicted octanol–water partition coefficient (Wildman–Crippen LogP) is 0.0839. The SMILES string of the molecule is CCCn1ccnc1C1(O)CNC1. The Kier molecular flexibility index (Phi) is 2.09. The maximum Gasteiger partial charge on any atom is 0.147 e. The summed E-state index contributed by atoms with van der Waals surface area (Å²) in [5, 5.41) is 13.1. The predicted molar refractivity (Wildman–Crippen MR) is 49.3 cm³/mol. The van der Waals surface area contributed by atoms with Crippen molar-refractivity contribution in [2.45, 2.75) is 25.5 Å². The number of rotatable bonds is 3. The molecule has 0 spiro atoms. The average molecular weight is 181 g/mol. The zero-order valence-electron chi connectivity index (χ0n) is 7.82. The first-order chi connectivity index (χ1) is 6.26. The van der Waals surface area contributed by atoms with Gasteiger partial charge in [-0.05, 0) is 6.42 Å². The largest absolute Gasteiger partial charge is 0.379 e. The fourth-order valence-corrected chi connectivity index (χ4v) is 1.66. The van der Waals surface area contributed by atoms with Gasteiger partial charge >= 0.3 is 0 Å². The van der Waals surface area contributed by atoms with Crippen molar-refractivity contribution in [3.05, 3.63) is 18.2 Å². The van der Waals surface area contributed by atoms with Gasteiger partial charge in [-0.2, -0.15) is 0 Å². The van der Waals surface area contributed by atoms with E-state index in [1.165, 1.54) is 0 Å². The summed E-state index contributed by atoms with van der Waals surface area (Å²) in [4.78, 5) is 4.20. The van der Waals surface area contributed by atoms with Gasteiger partial charge in [0.2, 0.25) is 0 Å². The highest BCUT2D eigenvalue weighted by Gasteiger charge is 2.39. The van der Waals surface area contributed by atoms with Gasteiger partial charge in [0.05, 0.1) is 0 Å². The summed E-state index contributed by atoms with van der Waals surface area (Å²) in [6.07, 6.45) is 4.74. The Morgan fingerprint density at radius 2 is 2.46 bits per heavy atom. The summed E-state index contributed by atoms with van der Waals surface area (Å²) < 4.78 is 2.03. The fourth-order valence-electron chi connectivity index (χ4n) is 1.66. The van der Waals surface area contributed by atoms with Gasteiger partial charge in [-0.1, -0.05) is 6.92 Å². The molecule has 0 atom stereocenters. The Labute approximate surface area is 77.6 Å². The van der Waals surface area contributed by atoms with E-state index in [0.717, 1.165) is 18.8 Å². The third-order valence-corrected chi connectivity index (χ3v) is 2.43. The molecule has 2 N–H and O–H groups in total. The van der Waals surface area contributed by atoms with Crippen molar-refractivity contribution >= 4 is 0 Å². The van der Waals surface area contributed by atoms with Crippen LogP contribution in [0.1, 0.15) is 19.2 Å². The highest BCUT2D eigenvalue weighted by molar-refractivity contribution is 5.11. The Balaban J connectivity index is 2.23. The Hall–Kier alpha value is -0.870. The Morgan fingerprint density at radius 1 is 1.69 bits per heavy atom. The zero-order chi connectivity index (χ0) is 9.31. The first-order valence-electron chi connectivity index (χ1n) is 4.71. The van der Waals surface area contributed by atoms with Crippen LogP contribution in [0.3, 0.4) is 0 Å². The lowest BCUT2D eigenvalue weighted by molar-refractivity contribution is -0.0257. The molecule has 13 heavy (non-hydrogen) atoms. The van der Waals surface area contributed by atoms with Gasteiger partial charge < -0.3 is 15.0 Å². The van der Waals surface area contributed by atoms with Crippen molar-refractivity contribution in [1.82, 2.24) is 14.9 Å². The lowest BCUT2D eigenvalue weighted by atomic mass is 9.96. The maximum atomic E-state index is 10.0. The second kappa shape index (κ2) is 3.12. The van der Waals surface area contributed by atoms with Crippen LogP contribution in [0.5, 0.6) is 0 Å². The smallest absolute Gasteiger partial charge is 0.147 e. The topological polar surface area (TPSA) is 50.1 Å². The average Bonchev–Trinajstić information content (AvgIpc) is 2.49. The molecule has 2 heterocycles. The van der Waals surface area contributed by atoms with Crippen molar-refractivity contribution in [3.8, 4) is 0 Å². The van der Waals surface area contributed by atoms with Crippen molar-refractivity contribution in [3.63, 3.8) is 0 Å². The Morgan fingerprint density at radius 3 is 3.00 bits per heavy atom. The lowest BCUT2D eigenvalue weighted by Crippen LogP contribution is -2.58. The molecule has 1 fully saturated rings. The molecule has 0 bridgehead atoms. The summed E-state index contributed by atoms with van der Waals surface area (Å²) in [7, 11) is 0. The van der Waals surface area contributed by atoms with E-state index in [0.29, 0.717) is 13.1 Å². The molecular weight excluding hydrogens is 166 g/mol. The van der Waals surface area contributed by atoms with Crippen molar-refractivity contribution in [1.29, 1.82) is 0 Å². The molecule has 0 saturated carbocycles. The minimum absolute atomic E-state index is 0.619. The molecule has 72 valence electrons. The van der Waals surface area contributed by atoms with E-state index in [9.17, 15) is 5.11 Å². The molecule has 4 heteroatoms. The number of nitrogens with one attached hydrogen (secondary N) is 1. The molecule has 0 radical (unpaired) electrons. The summed E-state index contributed by atoms with van der Waals surface area (Å²) in [6, 6.07) is 0. The summed E-state index contributed by atoms with van der Waals surface area (Å²) >= 11 is 0. The molecule has 0 unspecified atom stereocenters. The van der Waals surface area contributed by atoms with Crippen LogP contribution in [0.25, 0.3) is 0 Å². The molecule has 1 aromatic heterocycles. The van der Waals surface area contributed by atoms with E-state index in [-0.39, 0.29) is 0 Å². The minimum Gasteiger partial charge on any atom is -0.379 e. The first kappa shape index (κ1) is 8.72. The molecule has 0 aliphatic carbocycles. The van der Waals surface area contributed by atoms with E-state index in [1.807, 2.05) is 10.8 Å². The van der Waals surface area contributed by atoms with Gasteiger partial charge in [-0.3, -0.25) is 0 Å². The summed E-state index contributed by atoms with van der Waals surface area (Å²) in [5.74, 6) is 0.799. The van der Waals surface area contributed by atoms with Gasteiger partial charge in [0.25, 0.3) is 0 Å². The molecule has 1 saturated heterocycles. The molecule has 1 aliphatic heterocycles. The number of hydrogen-bond donors (Lipinski definition) is 2. The third kappa shape index (κ3) is 1.36. The van der Waals surface area contributed by atoms with Crippen LogP contribution >= 0.6 is 0 Å². The molecule has 1 aliphatic rings. The highest BCUT2D eigenvalue weighted by atomic mass is 16.3. The third-order valence-electron chi connectivity index (χ3n) is 2.43. The maximum absolute atomic E-state index is 10.0. The summed E-state index contributed by atoms with van der Waals surface area (Å²) in [6.45, 7) is 4.28. The monoisotopic (exact) mass is 181 g/mol. The number of imidazole rings is 1. The number of β-amino-alcohol motifs (C(OH)–C–C–N with tert-alkyl or cyclic N) is 1. The van der Waals surface area contributed by atoms with Gasteiger partial charge in [-0.15, -0.1) is 0 Å². The number of hydrogen-bond acceptors (Lipinski definition) is 3. The van der Waals surface area contributed by atoms with Crippen molar-refractivity contribution in [2.75, 3.05) is 13.1 Å². The van der Waals surface area contributed by atoms with Gasteiger partial charge in [0, 0.05) is 32.0 Å². The molecule has 2 rings (SSSR count).